The van der Waals surface area contributed by atoms with Crippen molar-refractivity contribution in [2.75, 3.05) is 5.88 Å². The Hall–Kier alpha value is -1.09. The van der Waals surface area contributed by atoms with Crippen molar-refractivity contribution in [2.24, 2.45) is 5.41 Å². The smallest absolute Gasteiger partial charge is 0.235 e. The number of rotatable bonds is 3. The minimum atomic E-state index is -0.287. The van der Waals surface area contributed by atoms with Crippen LogP contribution in [0.2, 0.25) is 0 Å². The summed E-state index contributed by atoms with van der Waals surface area (Å²) in [4.78, 5) is 11.4. The molecule has 17 heavy (non-hydrogen) atoms. The lowest BCUT2D eigenvalue weighted by molar-refractivity contribution is -0.120. The molecule has 1 amide bonds. The van der Waals surface area contributed by atoms with Crippen LogP contribution in [0.5, 0.6) is 0 Å². The Morgan fingerprint density at radius 3 is 2.29 bits per heavy atom. The zero-order chi connectivity index (χ0) is 13.1. The van der Waals surface area contributed by atoms with E-state index in [1.54, 1.807) is 12.1 Å². The van der Waals surface area contributed by atoms with Gasteiger partial charge in [0.1, 0.15) is 11.7 Å². The van der Waals surface area contributed by atoms with E-state index in [1.807, 2.05) is 20.8 Å². The monoisotopic (exact) mass is 257 g/mol. The quantitative estimate of drug-likeness (QED) is 0.828. The molecule has 0 aliphatic rings. The summed E-state index contributed by atoms with van der Waals surface area (Å²) in [6.45, 7) is 6.03. The van der Waals surface area contributed by atoms with E-state index < -0.39 is 0 Å². The van der Waals surface area contributed by atoms with E-state index in [9.17, 15) is 9.18 Å². The Labute approximate surface area is 106 Å². The molecule has 0 fully saturated rings. The van der Waals surface area contributed by atoms with Crippen LogP contribution in [0.1, 0.15) is 32.4 Å². The molecule has 1 aromatic rings. The molecule has 1 atom stereocenters. The summed E-state index contributed by atoms with van der Waals surface area (Å²) in [5.41, 5.74) is 0.705. The maximum absolute atomic E-state index is 12.9. The first kappa shape index (κ1) is 14.0. The van der Waals surface area contributed by atoms with Gasteiger partial charge in [0, 0.05) is 0 Å². The molecule has 1 unspecified atom stereocenters. The van der Waals surface area contributed by atoms with Gasteiger partial charge in [-0.3, -0.25) is 4.79 Å². The lowest BCUT2D eigenvalue weighted by atomic mass is 9.82. The lowest BCUT2D eigenvalue weighted by Crippen LogP contribution is -2.37. The van der Waals surface area contributed by atoms with Gasteiger partial charge < -0.3 is 5.32 Å². The molecule has 0 bridgehead atoms. The molecule has 0 saturated carbocycles. The summed E-state index contributed by atoms with van der Waals surface area (Å²) in [5, 5.41) is 2.85. The molecule has 1 rings (SSSR count). The number of carbonyl (C=O) groups is 1. The second-order valence-corrected chi connectivity index (χ2v) is 5.32. The van der Waals surface area contributed by atoms with Crippen LogP contribution >= 0.6 is 11.6 Å². The van der Waals surface area contributed by atoms with Crippen LogP contribution in [-0.4, -0.2) is 11.8 Å². The van der Waals surface area contributed by atoms with Gasteiger partial charge in [0.05, 0.1) is 6.04 Å². The van der Waals surface area contributed by atoms with Gasteiger partial charge in [-0.05, 0) is 23.1 Å². The second-order valence-electron chi connectivity index (χ2n) is 5.05. The molecule has 94 valence electrons. The number of benzene rings is 1. The maximum atomic E-state index is 12.9. The van der Waals surface area contributed by atoms with Crippen molar-refractivity contribution in [3.8, 4) is 0 Å². The number of halogens is 2. The molecule has 0 saturated heterocycles. The number of carbonyl (C=O) groups excluding carboxylic acids is 1. The fourth-order valence-corrected chi connectivity index (χ4v) is 1.73. The highest BCUT2D eigenvalue weighted by Gasteiger charge is 2.27. The maximum Gasteiger partial charge on any atom is 0.235 e. The highest BCUT2D eigenvalue weighted by atomic mass is 35.5. The average molecular weight is 258 g/mol. The third-order valence-corrected chi connectivity index (χ3v) is 2.74. The van der Waals surface area contributed by atoms with Crippen molar-refractivity contribution in [1.29, 1.82) is 0 Å². The Morgan fingerprint density at radius 2 is 1.88 bits per heavy atom. The van der Waals surface area contributed by atoms with Crippen LogP contribution < -0.4 is 5.32 Å². The summed E-state index contributed by atoms with van der Waals surface area (Å²) in [6, 6.07) is 5.95. The zero-order valence-corrected chi connectivity index (χ0v) is 11.0. The van der Waals surface area contributed by atoms with Crippen molar-refractivity contribution in [1.82, 2.24) is 5.32 Å². The van der Waals surface area contributed by atoms with Gasteiger partial charge in [0.2, 0.25) is 5.91 Å². The second kappa shape index (κ2) is 5.50. The van der Waals surface area contributed by atoms with Crippen LogP contribution in [0.15, 0.2) is 24.3 Å². The number of hydrogen-bond donors (Lipinski definition) is 1. The standard InChI is InChI=1S/C13H17ClFNO/c1-13(2,3)12(16-11(17)8-14)9-4-6-10(15)7-5-9/h4-7,12H,8H2,1-3H3,(H,16,17). The summed E-state index contributed by atoms with van der Waals surface area (Å²) < 4.78 is 12.9. The fraction of sp³-hybridized carbons (Fsp3) is 0.462. The minimum Gasteiger partial charge on any atom is -0.348 e. The lowest BCUT2D eigenvalue weighted by Gasteiger charge is -2.31. The molecule has 4 heteroatoms. The van der Waals surface area contributed by atoms with Crippen molar-refractivity contribution in [3.05, 3.63) is 35.6 Å². The average Bonchev–Trinajstić information content (AvgIpc) is 2.25. The molecule has 0 aliphatic heterocycles. The van der Waals surface area contributed by atoms with Gasteiger partial charge in [-0.1, -0.05) is 32.9 Å². The van der Waals surface area contributed by atoms with Gasteiger partial charge in [0.25, 0.3) is 0 Å². The number of alkyl halides is 1. The van der Waals surface area contributed by atoms with Gasteiger partial charge in [-0.15, -0.1) is 11.6 Å². The molecular formula is C13H17ClFNO. The van der Waals surface area contributed by atoms with E-state index in [1.165, 1.54) is 12.1 Å². The number of hydrogen-bond acceptors (Lipinski definition) is 1. The third-order valence-electron chi connectivity index (χ3n) is 2.50. The Morgan fingerprint density at radius 1 is 1.35 bits per heavy atom. The highest BCUT2D eigenvalue weighted by molar-refractivity contribution is 6.27. The third kappa shape index (κ3) is 4.00. The van der Waals surface area contributed by atoms with Crippen LogP contribution in [0.25, 0.3) is 0 Å². The van der Waals surface area contributed by atoms with Crippen molar-refractivity contribution in [2.45, 2.75) is 26.8 Å². The molecule has 2 nitrogen and oxygen atoms in total. The van der Waals surface area contributed by atoms with Gasteiger partial charge in [-0.2, -0.15) is 0 Å². The van der Waals surface area contributed by atoms with E-state index in [4.69, 9.17) is 11.6 Å². The molecular weight excluding hydrogens is 241 g/mol. The minimum absolute atomic E-state index is 0.0756. The summed E-state index contributed by atoms with van der Waals surface area (Å²) in [7, 11) is 0. The normalized spacial score (nSPS) is 13.2. The van der Waals surface area contributed by atoms with Crippen molar-refractivity contribution < 1.29 is 9.18 Å². The SMILES string of the molecule is CC(C)(C)C(NC(=O)CCl)c1ccc(F)cc1. The van der Waals surface area contributed by atoms with Gasteiger partial charge in [-0.25, -0.2) is 4.39 Å². The first-order valence-electron chi connectivity index (χ1n) is 5.45. The van der Waals surface area contributed by atoms with E-state index in [0.717, 1.165) is 5.56 Å². The van der Waals surface area contributed by atoms with Crippen LogP contribution in [0, 0.1) is 11.2 Å². The van der Waals surface area contributed by atoms with Gasteiger partial charge in [0.15, 0.2) is 0 Å². The molecule has 0 aromatic heterocycles. The van der Waals surface area contributed by atoms with E-state index in [-0.39, 0.29) is 29.1 Å². The molecule has 1 N–H and O–H groups in total. The highest BCUT2D eigenvalue weighted by Crippen LogP contribution is 2.32. The van der Waals surface area contributed by atoms with Crippen LogP contribution in [0.4, 0.5) is 4.39 Å². The summed E-state index contributed by atoms with van der Waals surface area (Å²) in [6.07, 6.45) is 0. The van der Waals surface area contributed by atoms with Crippen molar-refractivity contribution >= 4 is 17.5 Å². The Balaban J connectivity index is 2.98. The van der Waals surface area contributed by atoms with Crippen LogP contribution in [0.3, 0.4) is 0 Å². The molecule has 0 aliphatic carbocycles. The first-order valence-corrected chi connectivity index (χ1v) is 5.99. The summed E-state index contributed by atoms with van der Waals surface area (Å²) >= 11 is 5.49. The van der Waals surface area contributed by atoms with E-state index in [0.29, 0.717) is 0 Å². The molecule has 0 radical (unpaired) electrons. The molecule has 1 aromatic carbocycles. The van der Waals surface area contributed by atoms with E-state index in [2.05, 4.69) is 5.32 Å². The summed E-state index contributed by atoms with van der Waals surface area (Å²) in [5.74, 6) is -0.589. The predicted octanol–water partition coefficient (Wildman–Crippen LogP) is 3.27. The van der Waals surface area contributed by atoms with Gasteiger partial charge >= 0.3 is 0 Å². The predicted molar refractivity (Wildman–Crippen MR) is 67.5 cm³/mol. The van der Waals surface area contributed by atoms with Crippen LogP contribution in [-0.2, 0) is 4.79 Å². The Bertz CT molecular complexity index is 383. The zero-order valence-electron chi connectivity index (χ0n) is 10.3. The van der Waals surface area contributed by atoms with Crippen molar-refractivity contribution in [3.63, 3.8) is 0 Å². The number of nitrogens with one attached hydrogen (secondary N) is 1. The fourth-order valence-electron chi connectivity index (χ4n) is 1.65. The first-order chi connectivity index (χ1) is 7.84. The van der Waals surface area contributed by atoms with E-state index >= 15 is 0 Å². The molecule has 0 spiro atoms. The topological polar surface area (TPSA) is 29.1 Å². The number of amides is 1. The molecule has 0 heterocycles. The Kier molecular flexibility index (Phi) is 4.52. The largest absolute Gasteiger partial charge is 0.348 e.